The van der Waals surface area contributed by atoms with Crippen molar-refractivity contribution in [2.45, 2.75) is 19.9 Å². The van der Waals surface area contributed by atoms with Gasteiger partial charge in [0.15, 0.2) is 11.6 Å². The molecule has 0 radical (unpaired) electrons. The van der Waals surface area contributed by atoms with Crippen molar-refractivity contribution in [2.24, 2.45) is 0 Å². The molecule has 0 bridgehead atoms. The third-order valence-corrected chi connectivity index (χ3v) is 2.92. The summed E-state index contributed by atoms with van der Waals surface area (Å²) < 4.78 is 41.5. The summed E-state index contributed by atoms with van der Waals surface area (Å²) in [6.45, 7) is 2.01. The van der Waals surface area contributed by atoms with Crippen molar-refractivity contribution >= 4 is 5.82 Å². The van der Waals surface area contributed by atoms with E-state index in [0.29, 0.717) is 18.3 Å². The number of terminal acetylenes is 1. The van der Waals surface area contributed by atoms with Gasteiger partial charge in [-0.2, -0.15) is 0 Å². The Bertz CT molecular complexity index is 699. The molecule has 0 fully saturated rings. The number of aryl methyl sites for hydroxylation is 1. The summed E-state index contributed by atoms with van der Waals surface area (Å²) in [6, 6.07) is 1.21. The van der Waals surface area contributed by atoms with Crippen molar-refractivity contribution in [1.29, 1.82) is 0 Å². The van der Waals surface area contributed by atoms with Gasteiger partial charge in [0.05, 0.1) is 6.54 Å². The van der Waals surface area contributed by atoms with Gasteiger partial charge in [-0.25, -0.2) is 18.2 Å². The van der Waals surface area contributed by atoms with Crippen LogP contribution in [-0.4, -0.2) is 9.55 Å². The molecule has 0 unspecified atom stereocenters. The Morgan fingerprint density at radius 3 is 2.50 bits per heavy atom. The standard InChI is InChI=1S/C14H12F3N3/c1-3-5-20-12(4-2)19-13(14(20)18)8-6-10(16)11(17)7-9(8)15/h1,6-7H,4-5,18H2,2H3. The molecule has 0 spiro atoms. The molecule has 0 saturated carbocycles. The van der Waals surface area contributed by atoms with E-state index in [1.807, 2.05) is 6.92 Å². The maximum atomic E-state index is 13.8. The second-order valence-electron chi connectivity index (χ2n) is 4.15. The van der Waals surface area contributed by atoms with Crippen LogP contribution in [0.3, 0.4) is 0 Å². The lowest BCUT2D eigenvalue weighted by molar-refractivity contribution is 0.496. The van der Waals surface area contributed by atoms with Crippen LogP contribution in [0.5, 0.6) is 0 Å². The first kappa shape index (κ1) is 14.0. The summed E-state index contributed by atoms with van der Waals surface area (Å²) in [7, 11) is 0. The highest BCUT2D eigenvalue weighted by Crippen LogP contribution is 2.30. The molecule has 2 N–H and O–H groups in total. The molecule has 0 saturated heterocycles. The highest BCUT2D eigenvalue weighted by atomic mass is 19.2. The van der Waals surface area contributed by atoms with Crippen LogP contribution in [0.4, 0.5) is 19.0 Å². The van der Waals surface area contributed by atoms with E-state index in [1.165, 1.54) is 4.57 Å². The number of halogens is 3. The van der Waals surface area contributed by atoms with E-state index in [-0.39, 0.29) is 23.6 Å². The van der Waals surface area contributed by atoms with Gasteiger partial charge in [0, 0.05) is 18.1 Å². The molecule has 1 aromatic heterocycles. The van der Waals surface area contributed by atoms with Gasteiger partial charge in [-0.1, -0.05) is 12.8 Å². The van der Waals surface area contributed by atoms with E-state index in [1.54, 1.807) is 0 Å². The number of nitrogens with zero attached hydrogens (tertiary/aromatic N) is 2. The van der Waals surface area contributed by atoms with Gasteiger partial charge in [-0.3, -0.25) is 0 Å². The fourth-order valence-electron chi connectivity index (χ4n) is 1.95. The number of imidazole rings is 1. The van der Waals surface area contributed by atoms with E-state index in [9.17, 15) is 13.2 Å². The summed E-state index contributed by atoms with van der Waals surface area (Å²) in [4.78, 5) is 4.16. The van der Waals surface area contributed by atoms with E-state index in [4.69, 9.17) is 12.2 Å². The first-order valence-corrected chi connectivity index (χ1v) is 5.92. The van der Waals surface area contributed by atoms with Gasteiger partial charge >= 0.3 is 0 Å². The highest BCUT2D eigenvalue weighted by molar-refractivity contribution is 5.71. The number of nitrogen functional groups attached to an aromatic ring is 1. The van der Waals surface area contributed by atoms with Crippen molar-refractivity contribution in [2.75, 3.05) is 5.73 Å². The largest absolute Gasteiger partial charge is 0.383 e. The van der Waals surface area contributed by atoms with Crippen molar-refractivity contribution in [3.8, 4) is 23.6 Å². The Kier molecular flexibility index (Phi) is 3.70. The van der Waals surface area contributed by atoms with Crippen LogP contribution in [0, 0.1) is 29.8 Å². The monoisotopic (exact) mass is 279 g/mol. The molecule has 0 aliphatic carbocycles. The average Bonchev–Trinajstić information content (AvgIpc) is 2.72. The molecule has 104 valence electrons. The fraction of sp³-hybridized carbons (Fsp3) is 0.214. The number of nitrogens with two attached hydrogens (primary N) is 1. The molecule has 1 heterocycles. The Labute approximate surface area is 114 Å². The van der Waals surface area contributed by atoms with Gasteiger partial charge in [0.1, 0.15) is 23.2 Å². The topological polar surface area (TPSA) is 43.8 Å². The van der Waals surface area contributed by atoms with Gasteiger partial charge in [-0.15, -0.1) is 6.42 Å². The van der Waals surface area contributed by atoms with Crippen molar-refractivity contribution < 1.29 is 13.2 Å². The predicted octanol–water partition coefficient (Wildman–Crippen LogP) is 2.75. The Morgan fingerprint density at radius 2 is 1.90 bits per heavy atom. The lowest BCUT2D eigenvalue weighted by Gasteiger charge is -2.05. The molecule has 0 atom stereocenters. The van der Waals surface area contributed by atoms with Crippen LogP contribution < -0.4 is 5.73 Å². The maximum Gasteiger partial charge on any atom is 0.161 e. The number of hydrogen-bond acceptors (Lipinski definition) is 2. The molecule has 0 amide bonds. The zero-order valence-corrected chi connectivity index (χ0v) is 10.8. The van der Waals surface area contributed by atoms with Crippen LogP contribution in [0.25, 0.3) is 11.3 Å². The Balaban J connectivity index is 2.65. The van der Waals surface area contributed by atoms with Crippen LogP contribution in [0.1, 0.15) is 12.7 Å². The van der Waals surface area contributed by atoms with Gasteiger partial charge in [0.25, 0.3) is 0 Å². The Morgan fingerprint density at radius 1 is 1.25 bits per heavy atom. The van der Waals surface area contributed by atoms with E-state index in [2.05, 4.69) is 10.9 Å². The minimum absolute atomic E-state index is 0.0634. The SMILES string of the molecule is C#CCn1c(CC)nc(-c2cc(F)c(F)cc2F)c1N. The zero-order valence-electron chi connectivity index (χ0n) is 10.8. The first-order valence-electron chi connectivity index (χ1n) is 5.92. The number of rotatable bonds is 3. The minimum atomic E-state index is -1.26. The van der Waals surface area contributed by atoms with E-state index < -0.39 is 17.5 Å². The van der Waals surface area contributed by atoms with Gasteiger partial charge in [0.2, 0.25) is 0 Å². The average molecular weight is 279 g/mol. The molecular formula is C14H12F3N3. The second kappa shape index (κ2) is 5.29. The fourth-order valence-corrected chi connectivity index (χ4v) is 1.95. The van der Waals surface area contributed by atoms with Crippen molar-refractivity contribution in [1.82, 2.24) is 9.55 Å². The molecule has 20 heavy (non-hydrogen) atoms. The van der Waals surface area contributed by atoms with Gasteiger partial charge in [-0.05, 0) is 6.07 Å². The van der Waals surface area contributed by atoms with E-state index in [0.717, 1.165) is 6.07 Å². The third kappa shape index (κ3) is 2.23. The van der Waals surface area contributed by atoms with E-state index >= 15 is 0 Å². The van der Waals surface area contributed by atoms with Gasteiger partial charge < -0.3 is 10.3 Å². The Hall–Kier alpha value is -2.42. The number of benzene rings is 1. The van der Waals surface area contributed by atoms with Crippen LogP contribution in [-0.2, 0) is 13.0 Å². The maximum absolute atomic E-state index is 13.8. The molecule has 0 aliphatic rings. The molecule has 6 heteroatoms. The molecule has 2 aromatic rings. The van der Waals surface area contributed by atoms with Crippen LogP contribution in [0.15, 0.2) is 12.1 Å². The summed E-state index contributed by atoms with van der Waals surface area (Å²) in [6.07, 6.45) is 5.76. The smallest absolute Gasteiger partial charge is 0.161 e. The minimum Gasteiger partial charge on any atom is -0.383 e. The molecular weight excluding hydrogens is 267 g/mol. The summed E-state index contributed by atoms with van der Waals surface area (Å²) in [5, 5.41) is 0. The molecule has 2 rings (SSSR count). The summed E-state index contributed by atoms with van der Waals surface area (Å²) in [5.74, 6) is -0.250. The number of hydrogen-bond donors (Lipinski definition) is 1. The van der Waals surface area contributed by atoms with Crippen LogP contribution >= 0.6 is 0 Å². The quantitative estimate of drug-likeness (QED) is 0.693. The molecule has 3 nitrogen and oxygen atoms in total. The summed E-state index contributed by atoms with van der Waals surface area (Å²) in [5.41, 5.74) is 5.75. The number of anilines is 1. The first-order chi connectivity index (χ1) is 9.49. The molecule has 1 aromatic carbocycles. The summed E-state index contributed by atoms with van der Waals surface area (Å²) >= 11 is 0. The van der Waals surface area contributed by atoms with Crippen molar-refractivity contribution in [3.05, 3.63) is 35.4 Å². The van der Waals surface area contributed by atoms with Crippen molar-refractivity contribution in [3.63, 3.8) is 0 Å². The number of aromatic nitrogens is 2. The normalized spacial score (nSPS) is 10.6. The lowest BCUT2D eigenvalue weighted by atomic mass is 10.1. The zero-order chi connectivity index (χ0) is 14.9. The molecule has 0 aliphatic heterocycles. The third-order valence-electron chi connectivity index (χ3n) is 2.92. The second-order valence-corrected chi connectivity index (χ2v) is 4.15. The predicted molar refractivity (Wildman–Crippen MR) is 70.2 cm³/mol. The lowest BCUT2D eigenvalue weighted by Crippen LogP contribution is -2.05. The highest BCUT2D eigenvalue weighted by Gasteiger charge is 2.19. The van der Waals surface area contributed by atoms with Crippen LogP contribution in [0.2, 0.25) is 0 Å².